The third-order valence-electron chi connectivity index (χ3n) is 4.06. The van der Waals surface area contributed by atoms with Crippen LogP contribution in [-0.2, 0) is 0 Å². The summed E-state index contributed by atoms with van der Waals surface area (Å²) in [5, 5.41) is 4.24. The summed E-state index contributed by atoms with van der Waals surface area (Å²) in [5.41, 5.74) is 5.79. The minimum atomic E-state index is 0.675. The van der Waals surface area contributed by atoms with E-state index < -0.39 is 0 Å². The van der Waals surface area contributed by atoms with Gasteiger partial charge in [0.25, 0.3) is 0 Å². The lowest BCUT2D eigenvalue weighted by molar-refractivity contribution is 0.507. The zero-order valence-corrected chi connectivity index (χ0v) is 17.4. The molecule has 0 aromatic rings. The van der Waals surface area contributed by atoms with Crippen LogP contribution in [0.2, 0.25) is 0 Å². The fraction of sp³-hybridized carbons (Fsp3) is 1.00. The summed E-state index contributed by atoms with van der Waals surface area (Å²) < 4.78 is 0. The van der Waals surface area contributed by atoms with Crippen LogP contribution in [0.3, 0.4) is 0 Å². The van der Waals surface area contributed by atoms with E-state index in [1.165, 1.54) is 49.5 Å². The summed E-state index contributed by atoms with van der Waals surface area (Å²) in [4.78, 5) is 0. The van der Waals surface area contributed by atoms with Crippen LogP contribution in [0.4, 0.5) is 0 Å². The highest BCUT2D eigenvalue weighted by molar-refractivity contribution is 8.01. The van der Waals surface area contributed by atoms with Gasteiger partial charge in [-0.1, -0.05) is 33.6 Å². The van der Waals surface area contributed by atoms with Crippen LogP contribution in [0.15, 0.2) is 0 Å². The maximum Gasteiger partial charge on any atom is 0.0143 e. The van der Waals surface area contributed by atoms with Crippen molar-refractivity contribution >= 4 is 36.2 Å². The van der Waals surface area contributed by atoms with E-state index in [1.54, 1.807) is 0 Å². The van der Waals surface area contributed by atoms with E-state index in [4.69, 9.17) is 5.73 Å². The first-order valence-electron chi connectivity index (χ1n) is 8.92. The Labute approximate surface area is 153 Å². The molecule has 3 atom stereocenters. The predicted molar refractivity (Wildman–Crippen MR) is 112 cm³/mol. The van der Waals surface area contributed by atoms with Crippen molar-refractivity contribution in [3.8, 4) is 0 Å². The number of thioether (sulfide) groups is 2. The van der Waals surface area contributed by atoms with Crippen LogP contribution in [-0.4, -0.2) is 47.9 Å². The first-order valence-corrected chi connectivity index (χ1v) is 11.8. The number of nitrogens with one attached hydrogen (secondary N) is 1. The summed E-state index contributed by atoms with van der Waals surface area (Å²) >= 11 is 8.72. The average molecular weight is 367 g/mol. The molecule has 0 heterocycles. The number of hydrogen-bond acceptors (Lipinski definition) is 5. The topological polar surface area (TPSA) is 38.0 Å². The molecule has 0 aromatic carbocycles. The highest BCUT2D eigenvalue weighted by Crippen LogP contribution is 2.23. The van der Waals surface area contributed by atoms with E-state index in [0.29, 0.717) is 11.2 Å². The maximum atomic E-state index is 5.79. The third-order valence-corrected chi connectivity index (χ3v) is 7.51. The van der Waals surface area contributed by atoms with Gasteiger partial charge in [-0.2, -0.15) is 36.2 Å². The molecule has 0 saturated carbocycles. The van der Waals surface area contributed by atoms with Gasteiger partial charge in [0, 0.05) is 11.0 Å². The molecule has 22 heavy (non-hydrogen) atoms. The molecule has 0 spiro atoms. The second kappa shape index (κ2) is 16.8. The summed E-state index contributed by atoms with van der Waals surface area (Å²) in [5.74, 6) is 6.23. The van der Waals surface area contributed by atoms with Gasteiger partial charge < -0.3 is 11.1 Å². The van der Waals surface area contributed by atoms with E-state index in [1.807, 2.05) is 0 Å². The number of hydrogen-bond donors (Lipinski definition) is 3. The van der Waals surface area contributed by atoms with Gasteiger partial charge in [0.1, 0.15) is 0 Å². The average Bonchev–Trinajstić information content (AvgIpc) is 2.55. The van der Waals surface area contributed by atoms with Crippen molar-refractivity contribution in [2.24, 2.45) is 17.6 Å². The van der Waals surface area contributed by atoms with E-state index in [2.05, 4.69) is 62.2 Å². The molecule has 0 radical (unpaired) electrons. The molecule has 3 N–H and O–H groups in total. The molecule has 0 bridgehead atoms. The smallest absolute Gasteiger partial charge is 0.0143 e. The molecule has 0 aliphatic heterocycles. The molecule has 0 rings (SSSR count). The second-order valence-electron chi connectivity index (χ2n) is 5.99. The Morgan fingerprint density at radius 2 is 1.82 bits per heavy atom. The Bertz CT molecular complexity index is 226. The number of rotatable bonds is 16. The molecule has 3 unspecified atom stereocenters. The Morgan fingerprint density at radius 3 is 2.36 bits per heavy atom. The van der Waals surface area contributed by atoms with Crippen molar-refractivity contribution < 1.29 is 0 Å². The summed E-state index contributed by atoms with van der Waals surface area (Å²) in [7, 11) is 0. The molecular formula is C17H38N2S3. The van der Waals surface area contributed by atoms with Crippen molar-refractivity contribution in [1.82, 2.24) is 5.32 Å². The minimum absolute atomic E-state index is 0.675. The third kappa shape index (κ3) is 12.4. The van der Waals surface area contributed by atoms with Crippen molar-refractivity contribution in [3.63, 3.8) is 0 Å². The maximum absolute atomic E-state index is 5.79. The molecule has 0 saturated heterocycles. The SMILES string of the molecule is CCCNCC(CC)CSCCC(CS)SCC(CC)CN. The first kappa shape index (κ1) is 23.0. The predicted octanol–water partition coefficient (Wildman–Crippen LogP) is 4.15. The second-order valence-corrected chi connectivity index (χ2v) is 8.84. The lowest BCUT2D eigenvalue weighted by Crippen LogP contribution is -2.24. The molecule has 0 fully saturated rings. The van der Waals surface area contributed by atoms with Crippen LogP contribution in [0.25, 0.3) is 0 Å². The zero-order chi connectivity index (χ0) is 16.6. The van der Waals surface area contributed by atoms with E-state index in [0.717, 1.165) is 24.8 Å². The quantitative estimate of drug-likeness (QED) is 0.283. The highest BCUT2D eigenvalue weighted by atomic mass is 32.2. The first-order chi connectivity index (χ1) is 10.7. The molecule has 0 aromatic heterocycles. The molecule has 0 aliphatic rings. The van der Waals surface area contributed by atoms with Crippen molar-refractivity contribution in [2.75, 3.05) is 42.6 Å². The fourth-order valence-electron chi connectivity index (χ4n) is 2.12. The molecule has 0 aliphatic carbocycles. The molecule has 2 nitrogen and oxygen atoms in total. The van der Waals surface area contributed by atoms with Gasteiger partial charge in [-0.15, -0.1) is 0 Å². The molecule has 134 valence electrons. The van der Waals surface area contributed by atoms with Crippen molar-refractivity contribution in [1.29, 1.82) is 0 Å². The van der Waals surface area contributed by atoms with Gasteiger partial charge in [0.2, 0.25) is 0 Å². The van der Waals surface area contributed by atoms with Crippen LogP contribution >= 0.6 is 36.2 Å². The van der Waals surface area contributed by atoms with Crippen LogP contribution in [0, 0.1) is 11.8 Å². The number of thiol groups is 1. The summed E-state index contributed by atoms with van der Waals surface area (Å²) in [6, 6.07) is 0. The largest absolute Gasteiger partial charge is 0.330 e. The summed E-state index contributed by atoms with van der Waals surface area (Å²) in [6.45, 7) is 9.92. The van der Waals surface area contributed by atoms with Crippen molar-refractivity contribution in [2.45, 2.75) is 51.7 Å². The van der Waals surface area contributed by atoms with Gasteiger partial charge in [-0.25, -0.2) is 0 Å². The van der Waals surface area contributed by atoms with Gasteiger partial charge in [-0.3, -0.25) is 0 Å². The van der Waals surface area contributed by atoms with E-state index in [9.17, 15) is 0 Å². The molecule has 5 heteroatoms. The fourth-order valence-corrected chi connectivity index (χ4v) is 5.38. The van der Waals surface area contributed by atoms with Gasteiger partial charge >= 0.3 is 0 Å². The Morgan fingerprint density at radius 1 is 1.09 bits per heavy atom. The monoisotopic (exact) mass is 366 g/mol. The highest BCUT2D eigenvalue weighted by Gasteiger charge is 2.12. The Hall–Kier alpha value is 0.970. The summed E-state index contributed by atoms with van der Waals surface area (Å²) in [6.07, 6.45) is 4.98. The van der Waals surface area contributed by atoms with E-state index >= 15 is 0 Å². The number of nitrogens with two attached hydrogens (primary N) is 1. The normalized spacial score (nSPS) is 15.7. The minimum Gasteiger partial charge on any atom is -0.330 e. The van der Waals surface area contributed by atoms with Crippen molar-refractivity contribution in [3.05, 3.63) is 0 Å². The standard InChI is InChI=1S/C17H38N2S3/c1-4-8-19-11-16(6-3)13-21-9-7-17(12-20)22-14-15(5-2)10-18/h15-17,19-20H,4-14,18H2,1-3H3. The molecule has 0 amide bonds. The Balaban J connectivity index is 3.75. The Kier molecular flexibility index (Phi) is 17.6. The van der Waals surface area contributed by atoms with Crippen LogP contribution < -0.4 is 11.1 Å². The van der Waals surface area contributed by atoms with Gasteiger partial charge in [-0.05, 0) is 61.6 Å². The van der Waals surface area contributed by atoms with E-state index in [-0.39, 0.29) is 0 Å². The van der Waals surface area contributed by atoms with Crippen LogP contribution in [0.5, 0.6) is 0 Å². The molecular weight excluding hydrogens is 328 g/mol. The lowest BCUT2D eigenvalue weighted by atomic mass is 10.1. The van der Waals surface area contributed by atoms with Gasteiger partial charge in [0.15, 0.2) is 0 Å². The van der Waals surface area contributed by atoms with Crippen LogP contribution in [0.1, 0.15) is 46.5 Å². The van der Waals surface area contributed by atoms with Gasteiger partial charge in [0.05, 0.1) is 0 Å². The lowest BCUT2D eigenvalue weighted by Gasteiger charge is -2.19. The zero-order valence-electron chi connectivity index (χ0n) is 14.9.